The van der Waals surface area contributed by atoms with E-state index in [1.807, 2.05) is 19.9 Å². The highest BCUT2D eigenvalue weighted by Gasteiger charge is 2.15. The van der Waals surface area contributed by atoms with Crippen LogP contribution in [0, 0.1) is 13.8 Å². The highest BCUT2D eigenvalue weighted by molar-refractivity contribution is 7.12. The zero-order valence-corrected chi connectivity index (χ0v) is 16.2. The highest BCUT2D eigenvalue weighted by Crippen LogP contribution is 2.17. The van der Waals surface area contributed by atoms with Gasteiger partial charge in [-0.15, -0.1) is 11.3 Å². The zero-order valence-electron chi connectivity index (χ0n) is 15.4. The van der Waals surface area contributed by atoms with Crippen molar-refractivity contribution in [1.29, 1.82) is 0 Å². The molecule has 0 aliphatic heterocycles. The number of para-hydroxylation sites is 1. The number of aryl methyl sites for hydroxylation is 2. The van der Waals surface area contributed by atoms with Crippen LogP contribution in [0.15, 0.2) is 47.8 Å². The third-order valence-electron chi connectivity index (χ3n) is 3.88. The second kappa shape index (κ2) is 8.49. The molecule has 2 heterocycles. The number of anilines is 1. The van der Waals surface area contributed by atoms with E-state index < -0.39 is 11.8 Å². The Labute approximate surface area is 165 Å². The quantitative estimate of drug-likeness (QED) is 0.574. The first-order chi connectivity index (χ1) is 13.4. The number of hydrogen-bond acceptors (Lipinski definition) is 5. The molecule has 0 saturated heterocycles. The van der Waals surface area contributed by atoms with Crippen molar-refractivity contribution in [1.82, 2.24) is 20.6 Å². The maximum absolute atomic E-state index is 12.5. The van der Waals surface area contributed by atoms with Gasteiger partial charge in [-0.05, 0) is 43.5 Å². The lowest BCUT2D eigenvalue weighted by molar-refractivity contribution is -0.122. The van der Waals surface area contributed by atoms with Crippen LogP contribution in [0.3, 0.4) is 0 Å². The summed E-state index contributed by atoms with van der Waals surface area (Å²) in [5.41, 5.74) is 6.98. The first kappa shape index (κ1) is 19.3. The van der Waals surface area contributed by atoms with Crippen molar-refractivity contribution in [3.05, 3.63) is 69.7 Å². The van der Waals surface area contributed by atoms with Crippen LogP contribution in [-0.2, 0) is 11.3 Å². The van der Waals surface area contributed by atoms with E-state index in [-0.39, 0.29) is 18.0 Å². The Kier molecular flexibility index (Phi) is 5.85. The van der Waals surface area contributed by atoms with Crippen LogP contribution in [0.25, 0.3) is 0 Å². The molecule has 2 aromatic heterocycles. The van der Waals surface area contributed by atoms with Crippen molar-refractivity contribution >= 4 is 34.7 Å². The molecule has 3 N–H and O–H groups in total. The monoisotopic (exact) mass is 397 g/mol. The van der Waals surface area contributed by atoms with E-state index in [1.54, 1.807) is 46.5 Å². The molecule has 0 saturated carbocycles. The molecule has 144 valence electrons. The number of carbonyl (C=O) groups is 3. The van der Waals surface area contributed by atoms with Gasteiger partial charge in [0.2, 0.25) is 0 Å². The minimum absolute atomic E-state index is 0.0171. The molecule has 0 atom stereocenters. The fourth-order valence-electron chi connectivity index (χ4n) is 2.59. The molecule has 0 spiro atoms. The van der Waals surface area contributed by atoms with Crippen molar-refractivity contribution < 1.29 is 14.4 Å². The maximum atomic E-state index is 12.5. The van der Waals surface area contributed by atoms with Gasteiger partial charge in [-0.3, -0.25) is 29.9 Å². The first-order valence-electron chi connectivity index (χ1n) is 8.48. The number of aromatic nitrogens is 2. The highest BCUT2D eigenvalue weighted by atomic mass is 32.1. The predicted molar refractivity (Wildman–Crippen MR) is 106 cm³/mol. The number of hydrogen-bond donors (Lipinski definition) is 3. The minimum atomic E-state index is -0.538. The summed E-state index contributed by atoms with van der Waals surface area (Å²) < 4.78 is 1.55. The first-order valence-corrected chi connectivity index (χ1v) is 9.36. The molecule has 3 aromatic rings. The number of carbonyl (C=O) groups excluding carboxylic acids is 3. The second-order valence-corrected chi connectivity index (χ2v) is 7.01. The zero-order chi connectivity index (χ0) is 20.1. The lowest BCUT2D eigenvalue weighted by atomic mass is 10.1. The lowest BCUT2D eigenvalue weighted by Crippen LogP contribution is -2.43. The van der Waals surface area contributed by atoms with E-state index in [2.05, 4.69) is 21.3 Å². The molecular weight excluding hydrogens is 378 g/mol. The van der Waals surface area contributed by atoms with E-state index in [9.17, 15) is 14.4 Å². The van der Waals surface area contributed by atoms with Crippen LogP contribution in [-0.4, -0.2) is 27.5 Å². The number of benzene rings is 1. The Balaban J connectivity index is 1.62. The molecule has 9 heteroatoms. The van der Waals surface area contributed by atoms with E-state index >= 15 is 0 Å². The summed E-state index contributed by atoms with van der Waals surface area (Å²) >= 11 is 1.30. The molecule has 0 aliphatic carbocycles. The number of amides is 3. The molecule has 0 radical (unpaired) electrons. The minimum Gasteiger partial charge on any atom is -0.321 e. The summed E-state index contributed by atoms with van der Waals surface area (Å²) in [6, 6.07) is 11.9. The number of rotatable bonds is 5. The second-order valence-electron chi connectivity index (χ2n) is 6.06. The molecule has 1 aromatic carbocycles. The normalized spacial score (nSPS) is 10.4. The summed E-state index contributed by atoms with van der Waals surface area (Å²) in [7, 11) is 0. The van der Waals surface area contributed by atoms with Gasteiger partial charge in [0.05, 0.1) is 21.8 Å². The van der Waals surface area contributed by atoms with Crippen LogP contribution in [0.5, 0.6) is 0 Å². The molecule has 0 unspecified atom stereocenters. The molecular formula is C19H19N5O3S. The van der Waals surface area contributed by atoms with Gasteiger partial charge in [0.1, 0.15) is 6.54 Å². The van der Waals surface area contributed by atoms with Gasteiger partial charge in [-0.25, -0.2) is 0 Å². The third kappa shape index (κ3) is 4.63. The number of hydrazine groups is 1. The maximum Gasteiger partial charge on any atom is 0.271 e. The van der Waals surface area contributed by atoms with Crippen LogP contribution in [0.2, 0.25) is 0 Å². The van der Waals surface area contributed by atoms with E-state index in [1.165, 1.54) is 11.3 Å². The Hall–Kier alpha value is -3.46. The molecule has 28 heavy (non-hydrogen) atoms. The molecule has 0 bridgehead atoms. The predicted octanol–water partition coefficient (Wildman–Crippen LogP) is 2.27. The number of nitrogens with one attached hydrogen (secondary N) is 3. The standard InChI is InChI=1S/C19H19N5O3S/c1-12-10-13(2)24(23-12)11-17(25)21-22-18(26)14-6-3-4-7-15(14)20-19(27)16-8-5-9-28-16/h3-10H,11H2,1-2H3,(H,20,27)(H,21,25)(H,22,26). The van der Waals surface area contributed by atoms with Crippen molar-refractivity contribution in [3.63, 3.8) is 0 Å². The van der Waals surface area contributed by atoms with Gasteiger partial charge in [0, 0.05) is 5.69 Å². The van der Waals surface area contributed by atoms with Gasteiger partial charge >= 0.3 is 0 Å². The van der Waals surface area contributed by atoms with Gasteiger partial charge < -0.3 is 5.32 Å². The van der Waals surface area contributed by atoms with Crippen molar-refractivity contribution in [2.24, 2.45) is 0 Å². The lowest BCUT2D eigenvalue weighted by Gasteiger charge is -2.12. The van der Waals surface area contributed by atoms with Crippen molar-refractivity contribution in [3.8, 4) is 0 Å². The average Bonchev–Trinajstić information content (AvgIpc) is 3.30. The van der Waals surface area contributed by atoms with Gasteiger partial charge in [0.15, 0.2) is 0 Å². The Bertz CT molecular complexity index is 1010. The Morgan fingerprint density at radius 2 is 1.82 bits per heavy atom. The van der Waals surface area contributed by atoms with E-state index in [0.717, 1.165) is 11.4 Å². The van der Waals surface area contributed by atoms with Crippen molar-refractivity contribution in [2.45, 2.75) is 20.4 Å². The van der Waals surface area contributed by atoms with Gasteiger partial charge in [0.25, 0.3) is 17.7 Å². The average molecular weight is 397 g/mol. The van der Waals surface area contributed by atoms with Crippen LogP contribution >= 0.6 is 11.3 Å². The summed E-state index contributed by atoms with van der Waals surface area (Å²) in [6.07, 6.45) is 0. The Morgan fingerprint density at radius 1 is 1.04 bits per heavy atom. The molecule has 8 nitrogen and oxygen atoms in total. The van der Waals surface area contributed by atoms with E-state index in [0.29, 0.717) is 10.6 Å². The topological polar surface area (TPSA) is 105 Å². The molecule has 0 fully saturated rings. The summed E-state index contributed by atoms with van der Waals surface area (Å²) in [4.78, 5) is 37.3. The van der Waals surface area contributed by atoms with Crippen LogP contribution < -0.4 is 16.2 Å². The van der Waals surface area contributed by atoms with Gasteiger partial charge in [-0.2, -0.15) is 5.10 Å². The fraction of sp³-hybridized carbons (Fsp3) is 0.158. The molecule has 3 rings (SSSR count). The van der Waals surface area contributed by atoms with Crippen LogP contribution in [0.1, 0.15) is 31.4 Å². The third-order valence-corrected chi connectivity index (χ3v) is 4.75. The van der Waals surface area contributed by atoms with Crippen LogP contribution in [0.4, 0.5) is 5.69 Å². The SMILES string of the molecule is Cc1cc(C)n(CC(=O)NNC(=O)c2ccccc2NC(=O)c2cccs2)n1. The largest absolute Gasteiger partial charge is 0.321 e. The Morgan fingerprint density at radius 3 is 2.50 bits per heavy atom. The van der Waals surface area contributed by atoms with E-state index in [4.69, 9.17) is 0 Å². The fourth-order valence-corrected chi connectivity index (χ4v) is 3.21. The summed E-state index contributed by atoms with van der Waals surface area (Å²) in [6.45, 7) is 3.67. The number of thiophene rings is 1. The number of nitrogens with zero attached hydrogens (tertiary/aromatic N) is 2. The summed E-state index contributed by atoms with van der Waals surface area (Å²) in [5.74, 6) is -1.26. The molecule has 0 aliphatic rings. The summed E-state index contributed by atoms with van der Waals surface area (Å²) in [5, 5.41) is 8.72. The van der Waals surface area contributed by atoms with Crippen molar-refractivity contribution in [2.75, 3.05) is 5.32 Å². The smallest absolute Gasteiger partial charge is 0.271 e. The van der Waals surface area contributed by atoms with Gasteiger partial charge in [-0.1, -0.05) is 18.2 Å². The molecule has 3 amide bonds.